The Morgan fingerprint density at radius 2 is 1.93 bits per heavy atom. The second-order valence-electron chi connectivity index (χ2n) is 7.47. The molecule has 1 heterocycles. The maximum Gasteiger partial charge on any atom is 0.191 e. The van der Waals surface area contributed by atoms with E-state index in [1.807, 2.05) is 30.3 Å². The fourth-order valence-corrected chi connectivity index (χ4v) is 3.65. The highest BCUT2D eigenvalue weighted by Crippen LogP contribution is 2.19. The molecule has 0 unspecified atom stereocenters. The Morgan fingerprint density at radius 3 is 2.66 bits per heavy atom. The lowest BCUT2D eigenvalue weighted by atomic mass is 9.96. The number of ether oxygens (including phenoxy) is 1. The summed E-state index contributed by atoms with van der Waals surface area (Å²) in [5.74, 6) is 2.15. The molecule has 2 N–H and O–H groups in total. The number of hydrogen-bond acceptors (Lipinski definition) is 3. The van der Waals surface area contributed by atoms with Crippen LogP contribution in [0, 0.1) is 11.7 Å². The van der Waals surface area contributed by atoms with Crippen LogP contribution in [-0.4, -0.2) is 44.7 Å². The van der Waals surface area contributed by atoms with E-state index in [4.69, 9.17) is 4.74 Å². The van der Waals surface area contributed by atoms with Gasteiger partial charge in [0.25, 0.3) is 0 Å². The first kappa shape index (κ1) is 21.1. The second-order valence-corrected chi connectivity index (χ2v) is 7.47. The van der Waals surface area contributed by atoms with E-state index in [2.05, 4.69) is 26.6 Å². The Bertz CT molecular complexity index is 803. The zero-order chi connectivity index (χ0) is 20.5. The summed E-state index contributed by atoms with van der Waals surface area (Å²) in [6.07, 6.45) is 2.21. The Hall–Kier alpha value is -2.60. The minimum atomic E-state index is -0.109. The molecule has 0 amide bonds. The molecule has 0 aliphatic carbocycles. The third kappa shape index (κ3) is 6.46. The number of benzene rings is 2. The molecule has 156 valence electrons. The van der Waals surface area contributed by atoms with E-state index >= 15 is 0 Å². The van der Waals surface area contributed by atoms with E-state index in [1.165, 1.54) is 6.07 Å². The molecule has 0 saturated carbocycles. The predicted octanol–water partition coefficient (Wildman–Crippen LogP) is 3.41. The number of aliphatic imine (C=N–C) groups is 1. The molecule has 2 aromatic rings. The number of hydrogen-bond donors (Lipinski definition) is 2. The van der Waals surface area contributed by atoms with Crippen LogP contribution in [0.2, 0.25) is 0 Å². The highest BCUT2D eigenvalue weighted by atomic mass is 19.1. The molecule has 6 heteroatoms. The largest absolute Gasteiger partial charge is 0.497 e. The van der Waals surface area contributed by atoms with Gasteiger partial charge in [-0.1, -0.05) is 30.3 Å². The van der Waals surface area contributed by atoms with Crippen LogP contribution < -0.4 is 15.4 Å². The number of nitrogens with zero attached hydrogens (tertiary/aromatic N) is 2. The van der Waals surface area contributed by atoms with Crippen LogP contribution in [0.3, 0.4) is 0 Å². The second kappa shape index (κ2) is 10.8. The van der Waals surface area contributed by atoms with Gasteiger partial charge in [-0.15, -0.1) is 0 Å². The van der Waals surface area contributed by atoms with Gasteiger partial charge >= 0.3 is 0 Å². The summed E-state index contributed by atoms with van der Waals surface area (Å²) in [6, 6.07) is 15.1. The fraction of sp³-hybridized carbons (Fsp3) is 0.435. The Morgan fingerprint density at radius 1 is 1.14 bits per heavy atom. The summed E-state index contributed by atoms with van der Waals surface area (Å²) in [4.78, 5) is 6.66. The number of methoxy groups -OCH3 is 1. The number of guanidine groups is 1. The maximum absolute atomic E-state index is 13.8. The van der Waals surface area contributed by atoms with Gasteiger partial charge in [0.2, 0.25) is 0 Å². The van der Waals surface area contributed by atoms with Gasteiger partial charge in [-0.25, -0.2) is 4.39 Å². The molecule has 0 radical (unpaired) electrons. The van der Waals surface area contributed by atoms with E-state index in [0.29, 0.717) is 19.0 Å². The van der Waals surface area contributed by atoms with Crippen molar-refractivity contribution in [1.29, 1.82) is 0 Å². The van der Waals surface area contributed by atoms with E-state index in [-0.39, 0.29) is 5.82 Å². The fourth-order valence-electron chi connectivity index (χ4n) is 3.65. The monoisotopic (exact) mass is 398 g/mol. The van der Waals surface area contributed by atoms with Crippen molar-refractivity contribution in [2.24, 2.45) is 10.9 Å². The summed E-state index contributed by atoms with van der Waals surface area (Å²) in [6.45, 7) is 4.27. The Labute approximate surface area is 173 Å². The zero-order valence-electron chi connectivity index (χ0n) is 17.3. The SMILES string of the molecule is CN=C(NCc1cccc(OC)c1)NCC1CCN(Cc2ccccc2F)CC1. The summed E-state index contributed by atoms with van der Waals surface area (Å²) < 4.78 is 19.1. The average molecular weight is 399 g/mol. The van der Waals surface area contributed by atoms with Gasteiger partial charge in [-0.3, -0.25) is 9.89 Å². The molecule has 0 bridgehead atoms. The first-order valence-corrected chi connectivity index (χ1v) is 10.2. The number of piperidine rings is 1. The Kier molecular flexibility index (Phi) is 7.87. The van der Waals surface area contributed by atoms with Gasteiger partial charge in [0, 0.05) is 32.2 Å². The first-order chi connectivity index (χ1) is 14.2. The van der Waals surface area contributed by atoms with Crippen molar-refractivity contribution < 1.29 is 9.13 Å². The quantitative estimate of drug-likeness (QED) is 0.554. The molecule has 2 aromatic carbocycles. The van der Waals surface area contributed by atoms with E-state index in [9.17, 15) is 4.39 Å². The van der Waals surface area contributed by atoms with Crippen molar-refractivity contribution in [2.75, 3.05) is 33.8 Å². The van der Waals surface area contributed by atoms with Gasteiger partial charge in [-0.2, -0.15) is 0 Å². The number of likely N-dealkylation sites (tertiary alicyclic amines) is 1. The zero-order valence-corrected chi connectivity index (χ0v) is 17.3. The summed E-state index contributed by atoms with van der Waals surface area (Å²) in [5.41, 5.74) is 1.93. The van der Waals surface area contributed by atoms with Crippen molar-refractivity contribution in [1.82, 2.24) is 15.5 Å². The van der Waals surface area contributed by atoms with E-state index in [1.54, 1.807) is 20.2 Å². The smallest absolute Gasteiger partial charge is 0.191 e. The average Bonchev–Trinajstić information content (AvgIpc) is 2.76. The minimum Gasteiger partial charge on any atom is -0.497 e. The van der Waals surface area contributed by atoms with E-state index < -0.39 is 0 Å². The first-order valence-electron chi connectivity index (χ1n) is 10.2. The minimum absolute atomic E-state index is 0.109. The molecule has 1 saturated heterocycles. The molecule has 1 fully saturated rings. The van der Waals surface area contributed by atoms with Crippen molar-refractivity contribution in [3.8, 4) is 5.75 Å². The van der Waals surface area contributed by atoms with Crippen LogP contribution in [0.4, 0.5) is 4.39 Å². The number of rotatable bonds is 7. The highest BCUT2D eigenvalue weighted by molar-refractivity contribution is 5.79. The van der Waals surface area contributed by atoms with Crippen molar-refractivity contribution >= 4 is 5.96 Å². The molecule has 3 rings (SSSR count). The van der Waals surface area contributed by atoms with Crippen LogP contribution in [0.25, 0.3) is 0 Å². The van der Waals surface area contributed by atoms with Gasteiger partial charge in [0.05, 0.1) is 7.11 Å². The van der Waals surface area contributed by atoms with E-state index in [0.717, 1.165) is 55.3 Å². The highest BCUT2D eigenvalue weighted by Gasteiger charge is 2.20. The van der Waals surface area contributed by atoms with Gasteiger partial charge in [0.1, 0.15) is 11.6 Å². The third-order valence-electron chi connectivity index (χ3n) is 5.43. The molecule has 0 aromatic heterocycles. The van der Waals surface area contributed by atoms with Gasteiger partial charge in [0.15, 0.2) is 5.96 Å². The van der Waals surface area contributed by atoms with Gasteiger partial charge < -0.3 is 15.4 Å². The number of nitrogens with one attached hydrogen (secondary N) is 2. The molecule has 0 atom stereocenters. The van der Waals surface area contributed by atoms with Crippen molar-refractivity contribution in [3.63, 3.8) is 0 Å². The summed E-state index contributed by atoms with van der Waals surface area (Å²) in [7, 11) is 3.46. The standard InChI is InChI=1S/C23H31FN4O/c1-25-23(27-16-19-6-5-8-21(14-19)29-2)26-15-18-10-12-28(13-11-18)17-20-7-3-4-9-22(20)24/h3-9,14,18H,10-13,15-17H2,1-2H3,(H2,25,26,27). The molecule has 0 spiro atoms. The predicted molar refractivity (Wildman–Crippen MR) is 116 cm³/mol. The lowest BCUT2D eigenvalue weighted by Gasteiger charge is -2.32. The third-order valence-corrected chi connectivity index (χ3v) is 5.43. The van der Waals surface area contributed by atoms with Crippen LogP contribution in [0.15, 0.2) is 53.5 Å². The molecule has 1 aliphatic rings. The molecular weight excluding hydrogens is 367 g/mol. The topological polar surface area (TPSA) is 48.9 Å². The summed E-state index contributed by atoms with van der Waals surface area (Å²) in [5, 5.41) is 6.80. The normalized spacial score (nSPS) is 15.9. The number of halogens is 1. The lowest BCUT2D eigenvalue weighted by Crippen LogP contribution is -2.42. The molecular formula is C23H31FN4O. The molecule has 1 aliphatic heterocycles. The Balaban J connectivity index is 1.39. The summed E-state index contributed by atoms with van der Waals surface area (Å²) >= 11 is 0. The molecule has 5 nitrogen and oxygen atoms in total. The van der Waals surface area contributed by atoms with Crippen LogP contribution >= 0.6 is 0 Å². The molecule has 29 heavy (non-hydrogen) atoms. The lowest BCUT2D eigenvalue weighted by molar-refractivity contribution is 0.176. The van der Waals surface area contributed by atoms with Gasteiger partial charge in [-0.05, 0) is 55.6 Å². The van der Waals surface area contributed by atoms with Crippen LogP contribution in [0.1, 0.15) is 24.0 Å². The van der Waals surface area contributed by atoms with Crippen LogP contribution in [0.5, 0.6) is 5.75 Å². The van der Waals surface area contributed by atoms with Crippen molar-refractivity contribution in [2.45, 2.75) is 25.9 Å². The van der Waals surface area contributed by atoms with Crippen LogP contribution in [-0.2, 0) is 13.1 Å². The maximum atomic E-state index is 13.8. The van der Waals surface area contributed by atoms with Crippen molar-refractivity contribution in [3.05, 3.63) is 65.5 Å².